The number of carbonyl (C=O) groups is 1. The third-order valence-corrected chi connectivity index (χ3v) is 7.52. The van der Waals surface area contributed by atoms with Gasteiger partial charge in [0.25, 0.3) is 11.5 Å². The molecule has 7 nitrogen and oxygen atoms in total. The Hall–Kier alpha value is -3.84. The van der Waals surface area contributed by atoms with E-state index >= 15 is 0 Å². The van der Waals surface area contributed by atoms with E-state index in [-0.39, 0.29) is 24.1 Å². The van der Waals surface area contributed by atoms with Crippen molar-refractivity contribution in [1.29, 1.82) is 0 Å². The van der Waals surface area contributed by atoms with Crippen LogP contribution in [0.2, 0.25) is 0 Å². The topological polar surface area (TPSA) is 79.4 Å². The molecule has 5 rings (SSSR count). The Balaban J connectivity index is 1.48. The molecule has 0 aliphatic carbocycles. The summed E-state index contributed by atoms with van der Waals surface area (Å²) in [5.74, 6) is -0.185. The third kappa shape index (κ3) is 5.64. The minimum absolute atomic E-state index is 0.135. The highest BCUT2D eigenvalue weighted by molar-refractivity contribution is 6.08. The van der Waals surface area contributed by atoms with Crippen LogP contribution in [0.1, 0.15) is 60.4 Å². The molecule has 1 saturated heterocycles. The number of benzene rings is 2. The largest absolute Gasteiger partial charge is 0.378 e. The molecule has 7 heteroatoms. The van der Waals surface area contributed by atoms with Crippen molar-refractivity contribution in [1.82, 2.24) is 14.9 Å². The van der Waals surface area contributed by atoms with Crippen molar-refractivity contribution in [3.8, 4) is 11.1 Å². The lowest BCUT2D eigenvalue weighted by atomic mass is 9.99. The van der Waals surface area contributed by atoms with Gasteiger partial charge in [0.2, 0.25) is 0 Å². The van der Waals surface area contributed by atoms with Crippen LogP contribution in [0.4, 0.5) is 5.69 Å². The fourth-order valence-electron chi connectivity index (χ4n) is 5.49. The van der Waals surface area contributed by atoms with Gasteiger partial charge in [-0.3, -0.25) is 9.59 Å². The molecule has 2 aromatic carbocycles. The quantitative estimate of drug-likeness (QED) is 0.313. The predicted molar refractivity (Wildman–Crippen MR) is 158 cm³/mol. The smallest absolute Gasteiger partial charge is 0.253 e. The van der Waals surface area contributed by atoms with Crippen molar-refractivity contribution in [3.63, 3.8) is 0 Å². The van der Waals surface area contributed by atoms with Crippen LogP contribution in [0, 0.1) is 6.92 Å². The second-order valence-corrected chi connectivity index (χ2v) is 10.6. The Kier molecular flexibility index (Phi) is 7.89. The number of hydrogen-bond donors (Lipinski definition) is 2. The van der Waals surface area contributed by atoms with Gasteiger partial charge in [0, 0.05) is 65.3 Å². The summed E-state index contributed by atoms with van der Waals surface area (Å²) in [6.07, 6.45) is 3.77. The first-order valence-corrected chi connectivity index (χ1v) is 13.9. The maximum atomic E-state index is 13.7. The average molecular weight is 527 g/mol. The number of nitrogens with one attached hydrogen (secondary N) is 2. The monoisotopic (exact) mass is 526 g/mol. The van der Waals surface area contributed by atoms with Crippen molar-refractivity contribution in [2.24, 2.45) is 0 Å². The number of aromatic amines is 1. The van der Waals surface area contributed by atoms with Gasteiger partial charge >= 0.3 is 0 Å². The first-order chi connectivity index (χ1) is 18.9. The van der Waals surface area contributed by atoms with E-state index in [1.54, 1.807) is 0 Å². The maximum absolute atomic E-state index is 13.7. The standard InChI is InChI=1S/C32H38N4O3/c1-5-6-24-17-22(4)34-32(38)29(24)20-33-31(37)28-18-25(19-30-27(28)11-12-36(30)21(2)3)23-7-9-26(10-8-23)35-13-15-39-16-14-35/h7-12,17-19,21H,5-6,13-16,20H2,1-4H3,(H,33,37)(H,34,38). The zero-order valence-electron chi connectivity index (χ0n) is 23.3. The summed E-state index contributed by atoms with van der Waals surface area (Å²) in [7, 11) is 0. The zero-order chi connectivity index (χ0) is 27.5. The van der Waals surface area contributed by atoms with Crippen molar-refractivity contribution in [2.75, 3.05) is 31.2 Å². The molecule has 204 valence electrons. The molecule has 1 fully saturated rings. The van der Waals surface area contributed by atoms with Crippen molar-refractivity contribution in [2.45, 2.75) is 53.1 Å². The van der Waals surface area contributed by atoms with Gasteiger partial charge in [-0.15, -0.1) is 0 Å². The number of rotatable bonds is 8. The lowest BCUT2D eigenvalue weighted by Gasteiger charge is -2.29. The van der Waals surface area contributed by atoms with Crippen molar-refractivity contribution < 1.29 is 9.53 Å². The summed E-state index contributed by atoms with van der Waals surface area (Å²) < 4.78 is 7.69. The molecule has 39 heavy (non-hydrogen) atoms. The molecule has 4 aromatic rings. The first-order valence-electron chi connectivity index (χ1n) is 13.9. The molecule has 0 spiro atoms. The molecular weight excluding hydrogens is 488 g/mol. The SMILES string of the molecule is CCCc1cc(C)[nH]c(=O)c1CNC(=O)c1cc(-c2ccc(N3CCOCC3)cc2)cc2c1ccn2C(C)C. The number of carbonyl (C=O) groups excluding carboxylic acids is 1. The van der Waals surface area contributed by atoms with Crippen LogP contribution in [0.3, 0.4) is 0 Å². The number of H-pyrrole nitrogens is 1. The maximum Gasteiger partial charge on any atom is 0.253 e. The van der Waals surface area contributed by atoms with Gasteiger partial charge in [-0.1, -0.05) is 25.5 Å². The minimum atomic E-state index is -0.185. The summed E-state index contributed by atoms with van der Waals surface area (Å²) in [5, 5.41) is 3.95. The fraction of sp³-hybridized carbons (Fsp3) is 0.375. The van der Waals surface area contributed by atoms with Gasteiger partial charge in [0.1, 0.15) is 0 Å². The molecule has 1 aliphatic rings. The number of aromatic nitrogens is 2. The Morgan fingerprint density at radius 2 is 1.79 bits per heavy atom. The Morgan fingerprint density at radius 1 is 1.05 bits per heavy atom. The van der Waals surface area contributed by atoms with E-state index in [1.165, 1.54) is 5.69 Å². The zero-order valence-corrected chi connectivity index (χ0v) is 23.3. The fourth-order valence-corrected chi connectivity index (χ4v) is 5.49. The Morgan fingerprint density at radius 3 is 2.49 bits per heavy atom. The van der Waals surface area contributed by atoms with Gasteiger partial charge in [-0.05, 0) is 80.3 Å². The van der Waals surface area contributed by atoms with Crippen molar-refractivity contribution in [3.05, 3.63) is 87.5 Å². The van der Waals surface area contributed by atoms with E-state index in [4.69, 9.17) is 4.74 Å². The predicted octanol–water partition coefficient (Wildman–Crippen LogP) is 5.61. The molecule has 0 atom stereocenters. The number of pyridine rings is 1. The van der Waals surface area contributed by atoms with E-state index in [2.05, 4.69) is 70.9 Å². The lowest BCUT2D eigenvalue weighted by molar-refractivity contribution is 0.0952. The van der Waals surface area contributed by atoms with Gasteiger partial charge in [-0.25, -0.2) is 0 Å². The van der Waals surface area contributed by atoms with Crippen LogP contribution in [-0.2, 0) is 17.7 Å². The number of hydrogen-bond acceptors (Lipinski definition) is 4. The number of fused-ring (bicyclic) bond motifs is 1. The summed E-state index contributed by atoms with van der Waals surface area (Å²) in [6.45, 7) is 11.7. The van der Waals surface area contributed by atoms with Crippen LogP contribution in [0.15, 0.2) is 59.5 Å². The normalized spacial score (nSPS) is 13.8. The van der Waals surface area contributed by atoms with E-state index < -0.39 is 0 Å². The van der Waals surface area contributed by atoms with E-state index in [1.807, 2.05) is 31.3 Å². The van der Waals surface area contributed by atoms with Crippen LogP contribution < -0.4 is 15.8 Å². The highest BCUT2D eigenvalue weighted by Gasteiger charge is 2.18. The lowest BCUT2D eigenvalue weighted by Crippen LogP contribution is -2.36. The molecule has 1 aliphatic heterocycles. The minimum Gasteiger partial charge on any atom is -0.378 e. The van der Waals surface area contributed by atoms with Crippen LogP contribution in [0.5, 0.6) is 0 Å². The number of amides is 1. The van der Waals surface area contributed by atoms with Gasteiger partial charge < -0.3 is 24.5 Å². The summed E-state index contributed by atoms with van der Waals surface area (Å²) in [5.41, 5.74) is 7.17. The molecule has 2 aromatic heterocycles. The summed E-state index contributed by atoms with van der Waals surface area (Å²) in [6, 6.07) is 16.9. The Labute approximate surface area is 229 Å². The number of morpholine rings is 1. The molecule has 0 radical (unpaired) electrons. The van der Waals surface area contributed by atoms with E-state index in [0.717, 1.165) is 72.4 Å². The van der Waals surface area contributed by atoms with E-state index in [0.29, 0.717) is 11.1 Å². The molecule has 3 heterocycles. The average Bonchev–Trinajstić information content (AvgIpc) is 3.37. The summed E-state index contributed by atoms with van der Waals surface area (Å²) >= 11 is 0. The number of ether oxygens (including phenoxy) is 1. The number of nitrogens with zero attached hydrogens (tertiary/aromatic N) is 2. The highest BCUT2D eigenvalue weighted by atomic mass is 16.5. The molecule has 2 N–H and O–H groups in total. The number of aryl methyl sites for hydroxylation is 2. The van der Waals surface area contributed by atoms with E-state index in [9.17, 15) is 9.59 Å². The Bertz CT molecular complexity index is 1530. The highest BCUT2D eigenvalue weighted by Crippen LogP contribution is 2.31. The molecule has 0 saturated carbocycles. The van der Waals surface area contributed by atoms with Crippen LogP contribution in [0.25, 0.3) is 22.0 Å². The van der Waals surface area contributed by atoms with Crippen LogP contribution in [-0.4, -0.2) is 41.8 Å². The first kappa shape index (κ1) is 26.8. The van der Waals surface area contributed by atoms with Gasteiger partial charge in [-0.2, -0.15) is 0 Å². The molecular formula is C32H38N4O3. The molecule has 0 bridgehead atoms. The number of anilines is 1. The second-order valence-electron chi connectivity index (χ2n) is 10.6. The second kappa shape index (κ2) is 11.5. The third-order valence-electron chi connectivity index (χ3n) is 7.52. The van der Waals surface area contributed by atoms with Crippen LogP contribution >= 0.6 is 0 Å². The summed E-state index contributed by atoms with van der Waals surface area (Å²) in [4.78, 5) is 31.6. The molecule has 1 amide bonds. The van der Waals surface area contributed by atoms with Gasteiger partial charge in [0.05, 0.1) is 13.2 Å². The molecule has 0 unspecified atom stereocenters. The van der Waals surface area contributed by atoms with Gasteiger partial charge in [0.15, 0.2) is 0 Å². The van der Waals surface area contributed by atoms with Crippen molar-refractivity contribution >= 4 is 22.5 Å².